The SMILES string of the molecule is CCCc1nc2c(n1Cc1ccc(-c3ccccc3-c3nnnn3C(c3ccccc3)(c3ccccc3)c3ccccc3)cc1)C(C(=O)O)N(C(C)=O)CC2. The van der Waals surface area contributed by atoms with Gasteiger partial charge in [0, 0.05) is 38.4 Å². The first-order valence-corrected chi connectivity index (χ1v) is 18.6. The second-order valence-corrected chi connectivity index (χ2v) is 13.9. The van der Waals surface area contributed by atoms with Gasteiger partial charge in [-0.15, -0.1) is 5.10 Å². The van der Waals surface area contributed by atoms with Gasteiger partial charge in [0.25, 0.3) is 0 Å². The molecular weight excluding hydrogens is 687 g/mol. The molecule has 0 saturated heterocycles. The summed E-state index contributed by atoms with van der Waals surface area (Å²) in [7, 11) is 0. The Balaban J connectivity index is 1.22. The van der Waals surface area contributed by atoms with Crippen molar-refractivity contribution in [3.05, 3.63) is 179 Å². The largest absolute Gasteiger partial charge is 0.479 e. The fourth-order valence-electron chi connectivity index (χ4n) is 8.13. The summed E-state index contributed by atoms with van der Waals surface area (Å²) in [6, 6.07) is 46.4. The number of rotatable bonds is 11. The molecule has 274 valence electrons. The van der Waals surface area contributed by atoms with Crippen molar-refractivity contribution in [2.45, 2.75) is 51.2 Å². The first-order valence-electron chi connectivity index (χ1n) is 18.6. The minimum atomic E-state index is -1.08. The Hall–Kier alpha value is -6.68. The lowest BCUT2D eigenvalue weighted by Crippen LogP contribution is -2.43. The number of carboxylic acids is 1. The van der Waals surface area contributed by atoms with Crippen molar-refractivity contribution in [3.8, 4) is 22.5 Å². The molecule has 1 atom stereocenters. The average molecular weight is 728 g/mol. The third-order valence-corrected chi connectivity index (χ3v) is 10.6. The molecule has 3 heterocycles. The number of carboxylic acid groups (broad SMARTS) is 1. The molecule has 0 bridgehead atoms. The summed E-state index contributed by atoms with van der Waals surface area (Å²) >= 11 is 0. The second kappa shape index (κ2) is 15.0. The predicted octanol–water partition coefficient (Wildman–Crippen LogP) is 7.57. The fraction of sp³-hybridized carbons (Fsp3) is 0.200. The van der Waals surface area contributed by atoms with Gasteiger partial charge >= 0.3 is 5.97 Å². The molecule has 0 radical (unpaired) electrons. The van der Waals surface area contributed by atoms with E-state index in [0.717, 1.165) is 56.9 Å². The van der Waals surface area contributed by atoms with Crippen LogP contribution in [0.15, 0.2) is 140 Å². The average Bonchev–Trinajstić information content (AvgIpc) is 3.85. The van der Waals surface area contributed by atoms with Crippen molar-refractivity contribution in [1.29, 1.82) is 0 Å². The molecule has 1 aliphatic heterocycles. The lowest BCUT2D eigenvalue weighted by Gasteiger charge is -2.36. The van der Waals surface area contributed by atoms with E-state index in [9.17, 15) is 14.7 Å². The molecule has 7 aromatic rings. The van der Waals surface area contributed by atoms with Gasteiger partial charge in [0.2, 0.25) is 5.91 Å². The highest BCUT2D eigenvalue weighted by molar-refractivity contribution is 5.84. The normalized spacial score (nSPS) is 14.1. The highest BCUT2D eigenvalue weighted by atomic mass is 16.4. The summed E-state index contributed by atoms with van der Waals surface area (Å²) in [6.45, 7) is 4.28. The molecule has 0 aliphatic carbocycles. The maximum atomic E-state index is 12.6. The maximum Gasteiger partial charge on any atom is 0.332 e. The van der Waals surface area contributed by atoms with Crippen LogP contribution in [0.25, 0.3) is 22.5 Å². The van der Waals surface area contributed by atoms with Crippen LogP contribution in [0.3, 0.4) is 0 Å². The van der Waals surface area contributed by atoms with Gasteiger partial charge in [0.1, 0.15) is 11.4 Å². The molecule has 10 heteroatoms. The number of imidazole rings is 1. The number of fused-ring (bicyclic) bond motifs is 1. The number of amides is 1. The number of aromatic nitrogens is 6. The van der Waals surface area contributed by atoms with E-state index in [1.54, 1.807) is 0 Å². The molecule has 1 aliphatic rings. The van der Waals surface area contributed by atoms with Gasteiger partial charge in [-0.3, -0.25) is 4.79 Å². The molecule has 0 spiro atoms. The van der Waals surface area contributed by atoms with Gasteiger partial charge in [-0.25, -0.2) is 14.5 Å². The van der Waals surface area contributed by atoms with E-state index in [1.165, 1.54) is 11.8 Å². The molecule has 5 aromatic carbocycles. The van der Waals surface area contributed by atoms with Gasteiger partial charge in [0.15, 0.2) is 11.9 Å². The molecule has 8 rings (SSSR count). The zero-order valence-corrected chi connectivity index (χ0v) is 30.8. The highest BCUT2D eigenvalue weighted by Crippen LogP contribution is 2.43. The number of aliphatic carboxylic acids is 1. The van der Waals surface area contributed by atoms with Crippen molar-refractivity contribution in [2.75, 3.05) is 6.54 Å². The van der Waals surface area contributed by atoms with E-state index >= 15 is 0 Å². The molecule has 0 saturated carbocycles. The van der Waals surface area contributed by atoms with Gasteiger partial charge in [-0.1, -0.05) is 146 Å². The van der Waals surface area contributed by atoms with Gasteiger partial charge in [-0.05, 0) is 50.2 Å². The molecule has 1 N–H and O–H groups in total. The molecule has 1 amide bonds. The molecule has 0 fully saturated rings. The second-order valence-electron chi connectivity index (χ2n) is 13.9. The van der Waals surface area contributed by atoms with Crippen LogP contribution in [0, 0.1) is 0 Å². The summed E-state index contributed by atoms with van der Waals surface area (Å²) in [6.07, 6.45) is 2.09. The van der Waals surface area contributed by atoms with Crippen LogP contribution in [0.2, 0.25) is 0 Å². The smallest absolute Gasteiger partial charge is 0.332 e. The van der Waals surface area contributed by atoms with E-state index in [1.807, 2.05) is 76.0 Å². The van der Waals surface area contributed by atoms with Crippen LogP contribution in [0.1, 0.15) is 65.8 Å². The van der Waals surface area contributed by atoms with Crippen LogP contribution in [0.5, 0.6) is 0 Å². The third-order valence-electron chi connectivity index (χ3n) is 10.6. The zero-order valence-electron chi connectivity index (χ0n) is 30.8. The first-order chi connectivity index (χ1) is 26.9. The van der Waals surface area contributed by atoms with Crippen LogP contribution in [-0.2, 0) is 34.5 Å². The van der Waals surface area contributed by atoms with Crippen LogP contribution in [0.4, 0.5) is 0 Å². The van der Waals surface area contributed by atoms with Crippen molar-refractivity contribution >= 4 is 11.9 Å². The summed E-state index contributed by atoms with van der Waals surface area (Å²) in [5, 5.41) is 24.1. The van der Waals surface area contributed by atoms with E-state index in [-0.39, 0.29) is 5.91 Å². The minimum absolute atomic E-state index is 0.259. The number of tetrazole rings is 1. The zero-order chi connectivity index (χ0) is 37.9. The third kappa shape index (κ3) is 6.29. The molecule has 10 nitrogen and oxygen atoms in total. The van der Waals surface area contributed by atoms with Gasteiger partial charge < -0.3 is 14.6 Å². The maximum absolute atomic E-state index is 12.6. The molecule has 55 heavy (non-hydrogen) atoms. The Bertz CT molecular complexity index is 2350. The summed E-state index contributed by atoms with van der Waals surface area (Å²) in [5.41, 5.74) is 7.31. The van der Waals surface area contributed by atoms with E-state index < -0.39 is 17.6 Å². The Morgan fingerprint density at radius 3 is 1.87 bits per heavy atom. The first kappa shape index (κ1) is 35.4. The van der Waals surface area contributed by atoms with Crippen molar-refractivity contribution in [3.63, 3.8) is 0 Å². The quantitative estimate of drug-likeness (QED) is 0.137. The van der Waals surface area contributed by atoms with E-state index in [0.29, 0.717) is 37.4 Å². The predicted molar refractivity (Wildman–Crippen MR) is 210 cm³/mol. The number of nitrogens with zero attached hydrogens (tertiary/aromatic N) is 7. The number of benzene rings is 5. The topological polar surface area (TPSA) is 119 Å². The standard InChI is InChI=1S/C45H41N7O3/c1-3-15-40-46-39-28-29-50(31(2)53)42(44(54)55)41(39)51(40)30-32-24-26-33(27-25-32)37-22-13-14-23-38(37)43-47-48-49-52(43)45(34-16-7-4-8-17-34,35-18-9-5-10-19-35)36-20-11-6-12-21-36/h4-14,16-27,42H,3,15,28-30H2,1-2H3,(H,54,55). The fourth-order valence-corrected chi connectivity index (χ4v) is 8.13. The number of carbonyl (C=O) groups is 2. The lowest BCUT2D eigenvalue weighted by molar-refractivity contribution is -0.150. The Labute approximate surface area is 319 Å². The van der Waals surface area contributed by atoms with E-state index in [4.69, 9.17) is 15.3 Å². The summed E-state index contributed by atoms with van der Waals surface area (Å²) in [5.74, 6) is 0.139. The summed E-state index contributed by atoms with van der Waals surface area (Å²) in [4.78, 5) is 31.5. The van der Waals surface area contributed by atoms with Crippen molar-refractivity contribution in [1.82, 2.24) is 34.7 Å². The Morgan fingerprint density at radius 1 is 0.764 bits per heavy atom. The van der Waals surface area contributed by atoms with Crippen LogP contribution in [-0.4, -0.2) is 58.2 Å². The number of hydrogen-bond acceptors (Lipinski definition) is 6. The van der Waals surface area contributed by atoms with Gasteiger partial charge in [-0.2, -0.15) is 0 Å². The van der Waals surface area contributed by atoms with Gasteiger partial charge in [0.05, 0.1) is 11.4 Å². The Morgan fingerprint density at radius 2 is 1.33 bits per heavy atom. The van der Waals surface area contributed by atoms with E-state index in [2.05, 4.69) is 84.9 Å². The number of hydrogen-bond donors (Lipinski definition) is 1. The molecule has 2 aromatic heterocycles. The van der Waals surface area contributed by atoms with Crippen molar-refractivity contribution in [2.24, 2.45) is 0 Å². The Kier molecular flexibility index (Phi) is 9.63. The lowest BCUT2D eigenvalue weighted by atomic mass is 9.77. The number of carbonyl (C=O) groups excluding carboxylic acids is 1. The molecular formula is C45H41N7O3. The van der Waals surface area contributed by atoms with Crippen molar-refractivity contribution < 1.29 is 14.7 Å². The molecule has 1 unspecified atom stereocenters. The summed E-state index contributed by atoms with van der Waals surface area (Å²) < 4.78 is 3.96. The van der Waals surface area contributed by atoms with Crippen LogP contribution >= 0.6 is 0 Å². The number of aryl methyl sites for hydroxylation is 1. The van der Waals surface area contributed by atoms with Crippen LogP contribution < -0.4 is 0 Å². The highest BCUT2D eigenvalue weighted by Gasteiger charge is 2.42. The minimum Gasteiger partial charge on any atom is -0.479 e. The monoisotopic (exact) mass is 727 g/mol.